The maximum Gasteiger partial charge on any atom is 0.417 e. The van der Waals surface area contributed by atoms with Crippen LogP contribution in [0, 0.1) is 0 Å². The average molecular weight is 261 g/mol. The first kappa shape index (κ1) is 12.7. The molecule has 0 saturated heterocycles. The molecule has 0 radical (unpaired) electrons. The van der Waals surface area contributed by atoms with Gasteiger partial charge in [0.05, 0.1) is 11.1 Å². The number of rotatable bonds is 3. The van der Waals surface area contributed by atoms with Crippen LogP contribution in [-0.2, 0) is 6.18 Å². The average Bonchev–Trinajstić information content (AvgIpc) is 2.74. The maximum absolute atomic E-state index is 12.8. The number of benzene rings is 1. The number of ketones is 1. The van der Waals surface area contributed by atoms with Crippen molar-refractivity contribution in [2.24, 2.45) is 5.73 Å². The minimum atomic E-state index is -4.62. The lowest BCUT2D eigenvalue weighted by atomic mass is 9.99. The van der Waals surface area contributed by atoms with Crippen molar-refractivity contribution in [2.75, 3.05) is 13.3 Å². The molecule has 2 N–H and O–H groups in total. The molecule has 0 aliphatic carbocycles. The van der Waals surface area contributed by atoms with Crippen molar-refractivity contribution in [1.82, 2.24) is 0 Å². The minimum absolute atomic E-state index is 0.0271. The Balaban J connectivity index is 2.58. The normalized spacial score (nSPS) is 13.8. The molecule has 1 heterocycles. The van der Waals surface area contributed by atoms with Crippen LogP contribution in [0.5, 0.6) is 11.5 Å². The van der Waals surface area contributed by atoms with Gasteiger partial charge < -0.3 is 15.2 Å². The van der Waals surface area contributed by atoms with Gasteiger partial charge >= 0.3 is 6.18 Å². The van der Waals surface area contributed by atoms with Crippen LogP contribution in [0.2, 0.25) is 0 Å². The standard InChI is InChI=1S/C11H10F3NO3/c12-11(13,14)6-1-2-8-10(18-5-17-8)9(6)7(16)3-4-15/h1-2H,3-5,15H2. The second kappa shape index (κ2) is 4.49. The third kappa shape index (κ3) is 2.13. The van der Waals surface area contributed by atoms with E-state index in [4.69, 9.17) is 15.2 Å². The number of hydrogen-bond donors (Lipinski definition) is 1. The Morgan fingerprint density at radius 1 is 1.33 bits per heavy atom. The summed E-state index contributed by atoms with van der Waals surface area (Å²) in [6.45, 7) is -0.222. The van der Waals surface area contributed by atoms with Gasteiger partial charge in [-0.2, -0.15) is 13.2 Å². The van der Waals surface area contributed by atoms with Gasteiger partial charge in [0.2, 0.25) is 6.79 Å². The lowest BCUT2D eigenvalue weighted by Gasteiger charge is -2.13. The highest BCUT2D eigenvalue weighted by molar-refractivity contribution is 6.01. The Kier molecular flexibility index (Phi) is 3.16. The lowest BCUT2D eigenvalue weighted by Crippen LogP contribution is -2.16. The highest BCUT2D eigenvalue weighted by atomic mass is 19.4. The van der Waals surface area contributed by atoms with Crippen molar-refractivity contribution in [3.05, 3.63) is 23.3 Å². The molecule has 98 valence electrons. The zero-order chi connectivity index (χ0) is 13.3. The topological polar surface area (TPSA) is 61.6 Å². The summed E-state index contributed by atoms with van der Waals surface area (Å²) in [5, 5.41) is 0. The van der Waals surface area contributed by atoms with Crippen LogP contribution in [0.4, 0.5) is 13.2 Å². The zero-order valence-corrected chi connectivity index (χ0v) is 9.21. The molecule has 7 heteroatoms. The van der Waals surface area contributed by atoms with Crippen LogP contribution in [0.1, 0.15) is 22.3 Å². The van der Waals surface area contributed by atoms with E-state index in [-0.39, 0.29) is 31.3 Å². The van der Waals surface area contributed by atoms with Crippen LogP contribution in [-0.4, -0.2) is 19.1 Å². The molecule has 2 rings (SSSR count). The summed E-state index contributed by atoms with van der Waals surface area (Å²) in [5.74, 6) is -0.709. The Morgan fingerprint density at radius 3 is 2.67 bits per heavy atom. The summed E-state index contributed by atoms with van der Waals surface area (Å²) in [6, 6.07) is 1.96. The largest absolute Gasteiger partial charge is 0.454 e. The Labute approximate surface area is 100 Å². The van der Waals surface area contributed by atoms with Crippen LogP contribution < -0.4 is 15.2 Å². The quantitative estimate of drug-likeness (QED) is 0.845. The molecule has 1 aromatic rings. The van der Waals surface area contributed by atoms with E-state index in [1.165, 1.54) is 0 Å². The molecule has 0 fully saturated rings. The van der Waals surface area contributed by atoms with E-state index in [1.54, 1.807) is 0 Å². The number of Topliss-reactive ketones (excluding diaryl/α,β-unsaturated/α-hetero) is 1. The molecule has 4 nitrogen and oxygen atoms in total. The number of fused-ring (bicyclic) bond motifs is 1. The molecule has 0 spiro atoms. The van der Waals surface area contributed by atoms with E-state index in [0.29, 0.717) is 0 Å². The van der Waals surface area contributed by atoms with Gasteiger partial charge in [-0.05, 0) is 18.7 Å². The number of hydrogen-bond acceptors (Lipinski definition) is 4. The fourth-order valence-electron chi connectivity index (χ4n) is 1.74. The number of carbonyl (C=O) groups excluding carboxylic acids is 1. The third-order valence-corrected chi connectivity index (χ3v) is 2.49. The molecular formula is C11H10F3NO3. The molecule has 0 saturated carbocycles. The molecule has 1 aliphatic heterocycles. The van der Waals surface area contributed by atoms with Crippen molar-refractivity contribution < 1.29 is 27.4 Å². The van der Waals surface area contributed by atoms with Crippen molar-refractivity contribution >= 4 is 5.78 Å². The van der Waals surface area contributed by atoms with Gasteiger partial charge in [-0.25, -0.2) is 0 Å². The predicted molar refractivity (Wildman–Crippen MR) is 55.6 cm³/mol. The zero-order valence-electron chi connectivity index (χ0n) is 9.21. The van der Waals surface area contributed by atoms with Crippen LogP contribution in [0.15, 0.2) is 12.1 Å². The van der Waals surface area contributed by atoms with Crippen molar-refractivity contribution in [3.63, 3.8) is 0 Å². The predicted octanol–water partition coefficient (Wildman–Crippen LogP) is 1.97. The molecule has 1 aromatic carbocycles. The smallest absolute Gasteiger partial charge is 0.417 e. The van der Waals surface area contributed by atoms with E-state index in [2.05, 4.69) is 0 Å². The molecule has 0 amide bonds. The maximum atomic E-state index is 12.8. The summed E-state index contributed by atoms with van der Waals surface area (Å²) in [7, 11) is 0. The summed E-state index contributed by atoms with van der Waals surface area (Å²) in [4.78, 5) is 11.8. The van der Waals surface area contributed by atoms with Crippen molar-refractivity contribution in [2.45, 2.75) is 12.6 Å². The summed E-state index contributed by atoms with van der Waals surface area (Å²) in [5.41, 5.74) is 3.68. The molecule has 0 unspecified atom stereocenters. The Bertz CT molecular complexity index is 485. The number of halogens is 3. The van der Waals surface area contributed by atoms with E-state index in [0.717, 1.165) is 12.1 Å². The van der Waals surface area contributed by atoms with Gasteiger partial charge in [-0.1, -0.05) is 0 Å². The van der Waals surface area contributed by atoms with Gasteiger partial charge in [0, 0.05) is 6.42 Å². The van der Waals surface area contributed by atoms with Gasteiger partial charge in [-0.3, -0.25) is 4.79 Å². The van der Waals surface area contributed by atoms with E-state index in [1.807, 2.05) is 0 Å². The fourth-order valence-corrected chi connectivity index (χ4v) is 1.74. The third-order valence-electron chi connectivity index (χ3n) is 2.49. The van der Waals surface area contributed by atoms with Gasteiger partial charge in [0.1, 0.15) is 0 Å². The molecule has 0 aromatic heterocycles. The SMILES string of the molecule is NCCC(=O)c1c(C(F)(F)F)ccc2c1OCO2. The van der Waals surface area contributed by atoms with Gasteiger partial charge in [-0.15, -0.1) is 0 Å². The molecular weight excluding hydrogens is 251 g/mol. The fraction of sp³-hybridized carbons (Fsp3) is 0.364. The Hall–Kier alpha value is -1.76. The Morgan fingerprint density at radius 2 is 2.06 bits per heavy atom. The highest BCUT2D eigenvalue weighted by Crippen LogP contribution is 2.43. The minimum Gasteiger partial charge on any atom is -0.454 e. The number of ether oxygens (including phenoxy) is 2. The number of carbonyl (C=O) groups is 1. The van der Waals surface area contributed by atoms with Crippen molar-refractivity contribution in [1.29, 1.82) is 0 Å². The molecule has 18 heavy (non-hydrogen) atoms. The van der Waals surface area contributed by atoms with E-state index < -0.39 is 23.1 Å². The first-order valence-electron chi connectivity index (χ1n) is 5.18. The first-order chi connectivity index (χ1) is 8.45. The first-order valence-corrected chi connectivity index (χ1v) is 5.18. The summed E-state index contributed by atoms with van der Waals surface area (Å²) < 4.78 is 48.4. The summed E-state index contributed by atoms with van der Waals surface area (Å²) >= 11 is 0. The van der Waals surface area contributed by atoms with Gasteiger partial charge in [0.15, 0.2) is 17.3 Å². The lowest BCUT2D eigenvalue weighted by molar-refractivity contribution is -0.138. The van der Waals surface area contributed by atoms with Crippen molar-refractivity contribution in [3.8, 4) is 11.5 Å². The van der Waals surface area contributed by atoms with Crippen LogP contribution in [0.3, 0.4) is 0 Å². The highest BCUT2D eigenvalue weighted by Gasteiger charge is 2.38. The number of nitrogens with two attached hydrogens (primary N) is 1. The number of alkyl halides is 3. The van der Waals surface area contributed by atoms with E-state index in [9.17, 15) is 18.0 Å². The molecule has 0 atom stereocenters. The second-order valence-electron chi connectivity index (χ2n) is 3.68. The monoisotopic (exact) mass is 261 g/mol. The summed E-state index contributed by atoms with van der Waals surface area (Å²) in [6.07, 6.45) is -4.80. The molecule has 1 aliphatic rings. The van der Waals surface area contributed by atoms with Crippen LogP contribution in [0.25, 0.3) is 0 Å². The van der Waals surface area contributed by atoms with E-state index >= 15 is 0 Å². The second-order valence-corrected chi connectivity index (χ2v) is 3.68. The molecule has 0 bridgehead atoms. The van der Waals surface area contributed by atoms with Gasteiger partial charge in [0.25, 0.3) is 0 Å². The van der Waals surface area contributed by atoms with Crippen LogP contribution >= 0.6 is 0 Å².